The van der Waals surface area contributed by atoms with Crippen LogP contribution in [0.2, 0.25) is 0 Å². The third-order valence-electron chi connectivity index (χ3n) is 5.20. The van der Waals surface area contributed by atoms with Crippen LogP contribution in [0.25, 0.3) is 11.1 Å². The van der Waals surface area contributed by atoms with Gasteiger partial charge >= 0.3 is 0 Å². The monoisotopic (exact) mass is 277 g/mol. The summed E-state index contributed by atoms with van der Waals surface area (Å²) in [6.45, 7) is 4.84. The number of hydrogen-bond acceptors (Lipinski definition) is 1. The normalized spacial score (nSPS) is 20.2. The zero-order valence-corrected chi connectivity index (χ0v) is 12.8. The summed E-state index contributed by atoms with van der Waals surface area (Å²) in [4.78, 5) is 2.63. The zero-order valence-electron chi connectivity index (χ0n) is 12.8. The van der Waals surface area contributed by atoms with Crippen LogP contribution in [0.15, 0.2) is 42.5 Å². The molecule has 2 aliphatic rings. The molecule has 0 fully saturated rings. The Labute approximate surface area is 127 Å². The third kappa shape index (κ3) is 2.16. The lowest BCUT2D eigenvalue weighted by molar-refractivity contribution is 0.542. The molecule has 21 heavy (non-hydrogen) atoms. The van der Waals surface area contributed by atoms with Gasteiger partial charge in [0.2, 0.25) is 0 Å². The molecule has 0 aromatic heterocycles. The number of rotatable bonds is 2. The molecule has 0 bridgehead atoms. The van der Waals surface area contributed by atoms with Crippen molar-refractivity contribution in [2.45, 2.75) is 38.5 Å². The number of anilines is 1. The van der Waals surface area contributed by atoms with Crippen LogP contribution in [-0.2, 0) is 6.42 Å². The summed E-state index contributed by atoms with van der Waals surface area (Å²) in [6.07, 6.45) is 5.14. The van der Waals surface area contributed by atoms with Gasteiger partial charge in [-0.1, -0.05) is 37.3 Å². The van der Waals surface area contributed by atoms with Crippen molar-refractivity contribution in [1.29, 1.82) is 0 Å². The molecule has 2 aromatic rings. The summed E-state index contributed by atoms with van der Waals surface area (Å²) in [5.74, 6) is 0.747. The fourth-order valence-electron chi connectivity index (χ4n) is 4.09. The van der Waals surface area contributed by atoms with Gasteiger partial charge in [-0.25, -0.2) is 0 Å². The first-order valence-electron chi connectivity index (χ1n) is 8.34. The first kappa shape index (κ1) is 12.9. The van der Waals surface area contributed by atoms with E-state index in [2.05, 4.69) is 54.3 Å². The Balaban J connectivity index is 1.89. The highest BCUT2D eigenvalue weighted by atomic mass is 15.1. The van der Waals surface area contributed by atoms with E-state index in [1.54, 1.807) is 16.8 Å². The second-order valence-electron chi connectivity index (χ2n) is 6.42. The van der Waals surface area contributed by atoms with Gasteiger partial charge in [-0.2, -0.15) is 0 Å². The van der Waals surface area contributed by atoms with Crippen LogP contribution in [0.3, 0.4) is 0 Å². The Kier molecular flexibility index (Phi) is 3.21. The number of hydrogen-bond donors (Lipinski definition) is 0. The fraction of sp³-hybridized carbons (Fsp3) is 0.400. The molecule has 0 radical (unpaired) electrons. The minimum absolute atomic E-state index is 0.747. The maximum absolute atomic E-state index is 2.63. The van der Waals surface area contributed by atoms with Crippen LogP contribution in [-0.4, -0.2) is 13.1 Å². The van der Waals surface area contributed by atoms with Crippen molar-refractivity contribution in [2.75, 3.05) is 18.0 Å². The van der Waals surface area contributed by atoms with Crippen molar-refractivity contribution in [3.05, 3.63) is 53.6 Å². The molecule has 0 saturated heterocycles. The second-order valence-corrected chi connectivity index (χ2v) is 6.42. The van der Waals surface area contributed by atoms with E-state index in [-0.39, 0.29) is 0 Å². The van der Waals surface area contributed by atoms with E-state index in [9.17, 15) is 0 Å². The molecule has 0 aliphatic carbocycles. The predicted molar refractivity (Wildman–Crippen MR) is 90.1 cm³/mol. The molecule has 0 N–H and O–H groups in total. The first-order valence-corrected chi connectivity index (χ1v) is 8.34. The Bertz CT molecular complexity index is 644. The molecular weight excluding hydrogens is 254 g/mol. The smallest absolute Gasteiger partial charge is 0.0434 e. The van der Waals surface area contributed by atoms with Crippen molar-refractivity contribution in [3.63, 3.8) is 0 Å². The van der Waals surface area contributed by atoms with E-state index >= 15 is 0 Å². The Morgan fingerprint density at radius 3 is 2.71 bits per heavy atom. The van der Waals surface area contributed by atoms with Crippen LogP contribution < -0.4 is 4.90 Å². The van der Waals surface area contributed by atoms with E-state index in [4.69, 9.17) is 0 Å². The average molecular weight is 277 g/mol. The Hall–Kier alpha value is -1.76. The number of benzene rings is 2. The summed E-state index contributed by atoms with van der Waals surface area (Å²) in [6, 6.07) is 15.8. The van der Waals surface area contributed by atoms with Gasteiger partial charge in [-0.3, -0.25) is 0 Å². The SMILES string of the molecule is CCC1CCN2CCCc3cc(-c4ccccc4)cc1c32. The molecule has 0 saturated carbocycles. The summed E-state index contributed by atoms with van der Waals surface area (Å²) in [7, 11) is 0. The van der Waals surface area contributed by atoms with Crippen molar-refractivity contribution in [3.8, 4) is 11.1 Å². The molecule has 2 heterocycles. The van der Waals surface area contributed by atoms with Crippen molar-refractivity contribution < 1.29 is 0 Å². The van der Waals surface area contributed by atoms with Crippen LogP contribution in [0.1, 0.15) is 43.2 Å². The second kappa shape index (κ2) is 5.22. The zero-order chi connectivity index (χ0) is 14.2. The van der Waals surface area contributed by atoms with E-state index in [0.717, 1.165) is 5.92 Å². The van der Waals surface area contributed by atoms with Gasteiger partial charge in [-0.05, 0) is 66.0 Å². The molecule has 1 atom stereocenters. The van der Waals surface area contributed by atoms with Gasteiger partial charge in [0.1, 0.15) is 0 Å². The standard InChI is InChI=1S/C20H23N/c1-2-15-10-12-21-11-6-9-17-13-18(14-19(15)20(17)21)16-7-4-3-5-8-16/h3-5,7-8,13-15H,2,6,9-12H2,1H3. The van der Waals surface area contributed by atoms with E-state index < -0.39 is 0 Å². The molecule has 2 aromatic carbocycles. The fourth-order valence-corrected chi connectivity index (χ4v) is 4.09. The maximum atomic E-state index is 2.63. The van der Waals surface area contributed by atoms with Crippen molar-refractivity contribution in [2.24, 2.45) is 0 Å². The lowest BCUT2D eigenvalue weighted by Gasteiger charge is -2.40. The molecule has 1 unspecified atom stereocenters. The van der Waals surface area contributed by atoms with Crippen molar-refractivity contribution in [1.82, 2.24) is 0 Å². The average Bonchev–Trinajstić information content (AvgIpc) is 2.56. The molecule has 1 nitrogen and oxygen atoms in total. The van der Waals surface area contributed by atoms with Gasteiger partial charge in [0, 0.05) is 18.8 Å². The highest BCUT2D eigenvalue weighted by Gasteiger charge is 2.29. The van der Waals surface area contributed by atoms with Crippen LogP contribution in [0.5, 0.6) is 0 Å². The topological polar surface area (TPSA) is 3.24 Å². The summed E-state index contributed by atoms with van der Waals surface area (Å²) < 4.78 is 0. The summed E-state index contributed by atoms with van der Waals surface area (Å²) >= 11 is 0. The van der Waals surface area contributed by atoms with Crippen LogP contribution in [0.4, 0.5) is 5.69 Å². The molecule has 0 amide bonds. The molecule has 1 heteroatoms. The molecule has 4 rings (SSSR count). The van der Waals surface area contributed by atoms with Gasteiger partial charge < -0.3 is 4.90 Å². The van der Waals surface area contributed by atoms with E-state index in [1.807, 2.05) is 0 Å². The molecule has 0 spiro atoms. The number of aryl methyl sites for hydroxylation is 1. The summed E-state index contributed by atoms with van der Waals surface area (Å²) in [5.41, 5.74) is 7.54. The van der Waals surface area contributed by atoms with Crippen LogP contribution >= 0.6 is 0 Å². The largest absolute Gasteiger partial charge is 0.371 e. The molecule has 2 aliphatic heterocycles. The van der Waals surface area contributed by atoms with Gasteiger partial charge in [0.15, 0.2) is 0 Å². The van der Waals surface area contributed by atoms with Gasteiger partial charge in [0.25, 0.3) is 0 Å². The first-order chi connectivity index (χ1) is 10.4. The summed E-state index contributed by atoms with van der Waals surface area (Å²) in [5, 5.41) is 0. The van der Waals surface area contributed by atoms with E-state index in [1.165, 1.54) is 49.9 Å². The highest BCUT2D eigenvalue weighted by Crippen LogP contribution is 2.44. The minimum Gasteiger partial charge on any atom is -0.371 e. The van der Waals surface area contributed by atoms with E-state index in [0.29, 0.717) is 0 Å². The highest BCUT2D eigenvalue weighted by molar-refractivity contribution is 5.74. The Morgan fingerprint density at radius 1 is 1.05 bits per heavy atom. The molecular formula is C20H23N. The minimum atomic E-state index is 0.747. The quantitative estimate of drug-likeness (QED) is 0.746. The molecule has 108 valence electrons. The third-order valence-corrected chi connectivity index (χ3v) is 5.20. The number of nitrogens with zero attached hydrogens (tertiary/aromatic N) is 1. The van der Waals surface area contributed by atoms with Crippen molar-refractivity contribution >= 4 is 5.69 Å². The maximum Gasteiger partial charge on any atom is 0.0434 e. The Morgan fingerprint density at radius 2 is 1.90 bits per heavy atom. The van der Waals surface area contributed by atoms with Gasteiger partial charge in [-0.15, -0.1) is 0 Å². The predicted octanol–water partition coefficient (Wildman–Crippen LogP) is 5.00. The lowest BCUT2D eigenvalue weighted by atomic mass is 9.81. The van der Waals surface area contributed by atoms with Gasteiger partial charge in [0.05, 0.1) is 0 Å². The lowest BCUT2D eigenvalue weighted by Crippen LogP contribution is -2.35. The van der Waals surface area contributed by atoms with Crippen LogP contribution in [0, 0.1) is 0 Å².